The Hall–Kier alpha value is -2.56. The van der Waals surface area contributed by atoms with Crippen LogP contribution in [0.4, 0.5) is 0 Å². The molecular formula is C17H20N4O. The fraction of sp³-hybridized carbons (Fsp3) is 0.294. The summed E-state index contributed by atoms with van der Waals surface area (Å²) in [7, 11) is 1.91. The minimum atomic E-state index is -0.0780. The SMILES string of the molecule is CCc1c(C)[nH]c2ccc(C(=O)NCc3nccn3C)cc12. The van der Waals surface area contributed by atoms with E-state index in [9.17, 15) is 4.79 Å². The van der Waals surface area contributed by atoms with Crippen LogP contribution in [0, 0.1) is 6.92 Å². The number of rotatable bonds is 4. The number of carbonyl (C=O) groups is 1. The van der Waals surface area contributed by atoms with Gasteiger partial charge in [0.1, 0.15) is 5.82 Å². The van der Waals surface area contributed by atoms with Crippen molar-refractivity contribution in [2.45, 2.75) is 26.8 Å². The molecular weight excluding hydrogens is 276 g/mol. The lowest BCUT2D eigenvalue weighted by atomic mass is 10.1. The van der Waals surface area contributed by atoms with E-state index in [-0.39, 0.29) is 5.91 Å². The second-order valence-electron chi connectivity index (χ2n) is 5.48. The number of aromatic nitrogens is 3. The Morgan fingerprint density at radius 3 is 2.91 bits per heavy atom. The molecule has 22 heavy (non-hydrogen) atoms. The lowest BCUT2D eigenvalue weighted by molar-refractivity contribution is 0.0949. The summed E-state index contributed by atoms with van der Waals surface area (Å²) in [5.41, 5.74) is 4.20. The summed E-state index contributed by atoms with van der Waals surface area (Å²) in [6.07, 6.45) is 4.54. The van der Waals surface area contributed by atoms with Gasteiger partial charge in [-0.15, -0.1) is 0 Å². The lowest BCUT2D eigenvalue weighted by Crippen LogP contribution is -2.24. The highest BCUT2D eigenvalue weighted by Crippen LogP contribution is 2.23. The van der Waals surface area contributed by atoms with Crippen molar-refractivity contribution < 1.29 is 4.79 Å². The second kappa shape index (κ2) is 5.67. The van der Waals surface area contributed by atoms with E-state index < -0.39 is 0 Å². The summed E-state index contributed by atoms with van der Waals surface area (Å²) in [5.74, 6) is 0.756. The third-order valence-corrected chi connectivity index (χ3v) is 4.06. The van der Waals surface area contributed by atoms with Crippen LogP contribution in [0.3, 0.4) is 0 Å². The number of nitrogens with zero attached hydrogens (tertiary/aromatic N) is 2. The van der Waals surface area contributed by atoms with E-state index >= 15 is 0 Å². The summed E-state index contributed by atoms with van der Waals surface area (Å²) in [6.45, 7) is 4.62. The Morgan fingerprint density at radius 2 is 2.23 bits per heavy atom. The van der Waals surface area contributed by atoms with Crippen molar-refractivity contribution in [1.29, 1.82) is 0 Å². The van der Waals surface area contributed by atoms with E-state index in [1.807, 2.05) is 36.0 Å². The molecule has 3 aromatic rings. The van der Waals surface area contributed by atoms with Crippen molar-refractivity contribution in [3.05, 3.63) is 53.2 Å². The molecule has 0 spiro atoms. The quantitative estimate of drug-likeness (QED) is 0.777. The molecule has 0 aliphatic carbocycles. The van der Waals surface area contributed by atoms with Gasteiger partial charge in [-0.25, -0.2) is 4.98 Å². The molecule has 0 aliphatic rings. The highest BCUT2D eigenvalue weighted by atomic mass is 16.1. The Labute approximate surface area is 129 Å². The Morgan fingerprint density at radius 1 is 1.41 bits per heavy atom. The molecule has 0 bridgehead atoms. The molecule has 2 aromatic heterocycles. The molecule has 0 aliphatic heterocycles. The van der Waals surface area contributed by atoms with Crippen LogP contribution in [0.2, 0.25) is 0 Å². The molecule has 1 aromatic carbocycles. The molecule has 2 heterocycles. The summed E-state index contributed by atoms with van der Waals surface area (Å²) >= 11 is 0. The van der Waals surface area contributed by atoms with Crippen molar-refractivity contribution >= 4 is 16.8 Å². The number of hydrogen-bond donors (Lipinski definition) is 2. The van der Waals surface area contributed by atoms with Gasteiger partial charge in [0, 0.05) is 41.6 Å². The fourth-order valence-corrected chi connectivity index (χ4v) is 2.81. The van der Waals surface area contributed by atoms with E-state index in [0.29, 0.717) is 12.1 Å². The number of imidazole rings is 1. The summed E-state index contributed by atoms with van der Waals surface area (Å²) in [5, 5.41) is 4.05. The number of benzene rings is 1. The Kier molecular flexibility index (Phi) is 3.71. The maximum absolute atomic E-state index is 12.3. The van der Waals surface area contributed by atoms with Crippen LogP contribution in [0.25, 0.3) is 10.9 Å². The third kappa shape index (κ3) is 2.50. The predicted molar refractivity (Wildman–Crippen MR) is 86.8 cm³/mol. The maximum Gasteiger partial charge on any atom is 0.251 e. The summed E-state index contributed by atoms with van der Waals surface area (Å²) in [6, 6.07) is 5.79. The lowest BCUT2D eigenvalue weighted by Gasteiger charge is -2.06. The summed E-state index contributed by atoms with van der Waals surface area (Å²) in [4.78, 5) is 19.9. The first-order valence-corrected chi connectivity index (χ1v) is 7.45. The van der Waals surface area contributed by atoms with Crippen LogP contribution in [0.1, 0.15) is 34.4 Å². The van der Waals surface area contributed by atoms with Crippen LogP contribution in [0.15, 0.2) is 30.6 Å². The van der Waals surface area contributed by atoms with Crippen LogP contribution in [-0.2, 0) is 20.0 Å². The van der Waals surface area contributed by atoms with Crippen molar-refractivity contribution in [1.82, 2.24) is 19.9 Å². The van der Waals surface area contributed by atoms with Gasteiger partial charge in [-0.2, -0.15) is 0 Å². The van der Waals surface area contributed by atoms with Crippen molar-refractivity contribution in [3.63, 3.8) is 0 Å². The Balaban J connectivity index is 1.83. The van der Waals surface area contributed by atoms with Crippen molar-refractivity contribution in [2.75, 3.05) is 0 Å². The number of nitrogens with one attached hydrogen (secondary N) is 2. The van der Waals surface area contributed by atoms with Crippen LogP contribution < -0.4 is 5.32 Å². The van der Waals surface area contributed by atoms with Gasteiger partial charge in [0.15, 0.2) is 0 Å². The zero-order valence-electron chi connectivity index (χ0n) is 13.1. The van der Waals surface area contributed by atoms with Crippen molar-refractivity contribution in [2.24, 2.45) is 7.05 Å². The number of hydrogen-bond acceptors (Lipinski definition) is 2. The maximum atomic E-state index is 12.3. The molecule has 3 rings (SSSR count). The average Bonchev–Trinajstić information content (AvgIpc) is 3.06. The number of H-pyrrole nitrogens is 1. The molecule has 5 heteroatoms. The molecule has 0 saturated carbocycles. The summed E-state index contributed by atoms with van der Waals surface area (Å²) < 4.78 is 1.90. The smallest absolute Gasteiger partial charge is 0.251 e. The molecule has 0 saturated heterocycles. The minimum absolute atomic E-state index is 0.0780. The van der Waals surface area contributed by atoms with Crippen LogP contribution >= 0.6 is 0 Å². The van der Waals surface area contributed by atoms with Gasteiger partial charge in [-0.1, -0.05) is 6.92 Å². The molecule has 5 nitrogen and oxygen atoms in total. The largest absolute Gasteiger partial charge is 0.358 e. The second-order valence-corrected chi connectivity index (χ2v) is 5.48. The standard InChI is InChI=1S/C17H20N4O/c1-4-13-11(2)20-15-6-5-12(9-14(13)15)17(22)19-10-16-18-7-8-21(16)3/h5-9,20H,4,10H2,1-3H3,(H,19,22). The Bertz CT molecular complexity index is 828. The van der Waals surface area contributed by atoms with Gasteiger partial charge in [0.05, 0.1) is 6.54 Å². The zero-order chi connectivity index (χ0) is 15.7. The first-order valence-electron chi connectivity index (χ1n) is 7.45. The highest BCUT2D eigenvalue weighted by molar-refractivity contribution is 5.99. The monoisotopic (exact) mass is 296 g/mol. The van der Waals surface area contributed by atoms with Gasteiger partial charge < -0.3 is 14.9 Å². The van der Waals surface area contributed by atoms with Gasteiger partial charge in [0.25, 0.3) is 5.91 Å². The van der Waals surface area contributed by atoms with Gasteiger partial charge >= 0.3 is 0 Å². The van der Waals surface area contributed by atoms with E-state index in [0.717, 1.165) is 23.1 Å². The number of aryl methyl sites for hydroxylation is 3. The molecule has 2 N–H and O–H groups in total. The number of amides is 1. The number of carbonyl (C=O) groups excluding carboxylic acids is 1. The molecule has 0 atom stereocenters. The van der Waals surface area contributed by atoms with Crippen molar-refractivity contribution in [3.8, 4) is 0 Å². The van der Waals surface area contributed by atoms with E-state index in [1.165, 1.54) is 11.3 Å². The van der Waals surface area contributed by atoms with Gasteiger partial charge in [-0.3, -0.25) is 4.79 Å². The van der Waals surface area contributed by atoms with Crippen LogP contribution in [0.5, 0.6) is 0 Å². The van der Waals surface area contributed by atoms with E-state index in [1.54, 1.807) is 6.20 Å². The average molecular weight is 296 g/mol. The molecule has 0 fully saturated rings. The van der Waals surface area contributed by atoms with E-state index in [2.05, 4.69) is 29.1 Å². The van der Waals surface area contributed by atoms with Crippen LogP contribution in [-0.4, -0.2) is 20.4 Å². The molecule has 1 amide bonds. The number of aromatic amines is 1. The van der Waals surface area contributed by atoms with Gasteiger partial charge in [0.2, 0.25) is 0 Å². The molecule has 0 radical (unpaired) electrons. The fourth-order valence-electron chi connectivity index (χ4n) is 2.81. The first kappa shape index (κ1) is 14.4. The highest BCUT2D eigenvalue weighted by Gasteiger charge is 2.11. The van der Waals surface area contributed by atoms with E-state index in [4.69, 9.17) is 0 Å². The normalized spacial score (nSPS) is 11.0. The predicted octanol–water partition coefficient (Wildman–Crippen LogP) is 2.70. The first-order chi connectivity index (χ1) is 10.6. The third-order valence-electron chi connectivity index (χ3n) is 4.06. The zero-order valence-corrected chi connectivity index (χ0v) is 13.1. The topological polar surface area (TPSA) is 62.7 Å². The minimum Gasteiger partial charge on any atom is -0.358 e. The molecule has 0 unspecified atom stereocenters. The van der Waals surface area contributed by atoms with Gasteiger partial charge in [-0.05, 0) is 37.1 Å². The molecule has 114 valence electrons. The number of fused-ring (bicyclic) bond motifs is 1.